The zero-order chi connectivity index (χ0) is 30.6. The highest BCUT2D eigenvalue weighted by Crippen LogP contribution is 2.54. The van der Waals surface area contributed by atoms with Crippen LogP contribution in [0.1, 0.15) is 55.8 Å². The van der Waals surface area contributed by atoms with E-state index in [1.165, 1.54) is 19.8 Å². The number of aliphatic hydroxyl groups excluding tert-OH is 1. The molecule has 0 unspecified atom stereocenters. The van der Waals surface area contributed by atoms with Gasteiger partial charge >= 0.3 is 0 Å². The Morgan fingerprint density at radius 3 is 2.26 bits per heavy atom. The number of halogens is 2. The Balaban J connectivity index is 1.31. The highest BCUT2D eigenvalue weighted by atomic mass is 32.2. The number of aromatic nitrogens is 1. The molecule has 6 rings (SSSR count). The smallest absolute Gasteiger partial charge is 0.255 e. The molecule has 1 aromatic heterocycles. The lowest BCUT2D eigenvalue weighted by Gasteiger charge is -2.35. The Kier molecular flexibility index (Phi) is 7.56. The van der Waals surface area contributed by atoms with Crippen LogP contribution in [0.4, 0.5) is 31.5 Å². The average Bonchev–Trinajstić information content (AvgIpc) is 3.63. The summed E-state index contributed by atoms with van der Waals surface area (Å²) in [4.78, 5) is 17.9. The van der Waals surface area contributed by atoms with Crippen LogP contribution in [0.15, 0.2) is 42.6 Å². The summed E-state index contributed by atoms with van der Waals surface area (Å²) in [5.41, 5.74) is 4.11. The van der Waals surface area contributed by atoms with E-state index in [1.807, 2.05) is 34.8 Å². The highest BCUT2D eigenvalue weighted by Gasteiger charge is 2.44. The Morgan fingerprint density at radius 2 is 1.60 bits per heavy atom. The van der Waals surface area contributed by atoms with Crippen LogP contribution in [0.5, 0.6) is 0 Å². The summed E-state index contributed by atoms with van der Waals surface area (Å²) < 4.78 is 57.7. The van der Waals surface area contributed by atoms with Crippen LogP contribution in [0.3, 0.4) is 0 Å². The number of benzene rings is 2. The molecular weight excluding hydrogens is 576 g/mol. The number of rotatable bonds is 8. The van der Waals surface area contributed by atoms with Crippen molar-refractivity contribution in [3.05, 3.63) is 48.2 Å². The minimum absolute atomic E-state index is 0.200. The van der Waals surface area contributed by atoms with Crippen LogP contribution in [0.2, 0.25) is 0 Å². The molecule has 232 valence electrons. The average molecular weight is 616 g/mol. The van der Waals surface area contributed by atoms with Gasteiger partial charge in [-0.2, -0.15) is 0 Å². The third-order valence-electron chi connectivity index (χ3n) is 9.46. The molecule has 3 aromatic rings. The van der Waals surface area contributed by atoms with E-state index in [0.29, 0.717) is 22.4 Å². The van der Waals surface area contributed by atoms with E-state index < -0.39 is 27.8 Å². The molecule has 1 aliphatic carbocycles. The van der Waals surface area contributed by atoms with Gasteiger partial charge in [0.05, 0.1) is 34.9 Å². The number of fused-ring (bicyclic) bond motifs is 1. The van der Waals surface area contributed by atoms with Gasteiger partial charge in [0, 0.05) is 63.2 Å². The molecule has 1 saturated carbocycles. The molecule has 1 spiro atoms. The lowest BCUT2D eigenvalue weighted by atomic mass is 9.93. The zero-order valence-corrected chi connectivity index (χ0v) is 25.4. The second-order valence-corrected chi connectivity index (χ2v) is 14.6. The molecular formula is C31H39F2N5O4S. The Hall–Kier alpha value is -3.38. The summed E-state index contributed by atoms with van der Waals surface area (Å²) in [6.07, 6.45) is 5.99. The quantitative estimate of drug-likeness (QED) is 0.323. The van der Waals surface area contributed by atoms with Crippen LogP contribution in [-0.2, 0) is 17.1 Å². The van der Waals surface area contributed by atoms with Gasteiger partial charge < -0.3 is 24.8 Å². The highest BCUT2D eigenvalue weighted by molar-refractivity contribution is 7.93. The van der Waals surface area contributed by atoms with Crippen molar-refractivity contribution in [2.45, 2.75) is 56.6 Å². The van der Waals surface area contributed by atoms with Crippen LogP contribution in [-0.4, -0.2) is 68.0 Å². The third kappa shape index (κ3) is 6.04. The van der Waals surface area contributed by atoms with Crippen molar-refractivity contribution in [1.29, 1.82) is 0 Å². The maximum atomic E-state index is 13.9. The Bertz CT molecular complexity index is 1630. The number of aliphatic hydroxyl groups is 1. The largest absolute Gasteiger partial charge is 0.395 e. The third-order valence-corrected chi connectivity index (χ3v) is 11.2. The normalized spacial score (nSPS) is 20.3. The number of amides is 1. The summed E-state index contributed by atoms with van der Waals surface area (Å²) in [7, 11) is -1.90. The fourth-order valence-corrected chi connectivity index (χ4v) is 7.14. The predicted octanol–water partition coefficient (Wildman–Crippen LogP) is 5.17. The first-order valence-corrected chi connectivity index (χ1v) is 16.5. The van der Waals surface area contributed by atoms with Gasteiger partial charge in [0.15, 0.2) is 0 Å². The van der Waals surface area contributed by atoms with Gasteiger partial charge in [-0.1, -0.05) is 0 Å². The van der Waals surface area contributed by atoms with Gasteiger partial charge in [-0.05, 0) is 74.4 Å². The minimum Gasteiger partial charge on any atom is -0.395 e. The van der Waals surface area contributed by atoms with Gasteiger partial charge in [0.25, 0.3) is 11.8 Å². The molecule has 43 heavy (non-hydrogen) atoms. The summed E-state index contributed by atoms with van der Waals surface area (Å²) in [6, 6.07) is 10.5. The molecule has 3 aliphatic rings. The number of nitrogens with one attached hydrogen (secondary N) is 2. The van der Waals surface area contributed by atoms with E-state index in [-0.39, 0.29) is 31.8 Å². The first-order chi connectivity index (χ1) is 20.4. The molecule has 12 heteroatoms. The van der Waals surface area contributed by atoms with Gasteiger partial charge in [0.1, 0.15) is 5.25 Å². The fraction of sp³-hybridized carbons (Fsp3) is 0.516. The number of alkyl halides is 2. The number of carbonyl (C=O) groups excluding carboxylic acids is 1. The second-order valence-electron chi connectivity index (χ2n) is 12.5. The first-order valence-electron chi connectivity index (χ1n) is 14.9. The maximum absolute atomic E-state index is 13.9. The van der Waals surface area contributed by atoms with Crippen LogP contribution in [0.25, 0.3) is 10.9 Å². The van der Waals surface area contributed by atoms with Crippen molar-refractivity contribution < 1.29 is 27.1 Å². The molecule has 1 amide bonds. The number of carbonyl (C=O) groups is 1. The second kappa shape index (κ2) is 11.0. The number of hydrogen-bond donors (Lipinski definition) is 3. The zero-order valence-electron chi connectivity index (χ0n) is 24.6. The molecule has 2 saturated heterocycles. The van der Waals surface area contributed by atoms with E-state index in [1.54, 1.807) is 24.3 Å². The number of hydrogen-bond acceptors (Lipinski definition) is 6. The number of sulfonamides is 1. The fourth-order valence-electron chi connectivity index (χ4n) is 6.28. The first kappa shape index (κ1) is 29.7. The molecule has 0 bridgehead atoms. The van der Waals surface area contributed by atoms with Gasteiger partial charge in [-0.3, -0.25) is 9.52 Å². The van der Waals surface area contributed by atoms with Gasteiger partial charge in [-0.25, -0.2) is 17.2 Å². The van der Waals surface area contributed by atoms with E-state index in [0.717, 1.165) is 48.2 Å². The van der Waals surface area contributed by atoms with Crippen molar-refractivity contribution in [2.24, 2.45) is 12.5 Å². The number of anilines is 4. The number of nitrogens with zero attached hydrogens (tertiary/aromatic N) is 3. The molecule has 9 nitrogen and oxygen atoms in total. The van der Waals surface area contributed by atoms with Crippen molar-refractivity contribution in [3.8, 4) is 0 Å². The summed E-state index contributed by atoms with van der Waals surface area (Å²) in [6.45, 7) is 2.93. The van der Waals surface area contributed by atoms with Crippen molar-refractivity contribution in [1.82, 2.24) is 4.57 Å². The molecule has 0 radical (unpaired) electrons. The SMILES string of the molecule is C[C@@H](CO)S(=O)(=O)Nc1ccc(NC(=O)c2cc(N3CCC(F)(F)CC3)c3c(ccn3C)c2)c(N2CCC3(CC2)CC3)c1. The summed E-state index contributed by atoms with van der Waals surface area (Å²) in [5, 5.41) is 12.3. The predicted molar refractivity (Wildman–Crippen MR) is 166 cm³/mol. The van der Waals surface area contributed by atoms with E-state index in [2.05, 4.69) is 14.9 Å². The van der Waals surface area contributed by atoms with Gasteiger partial charge in [0.2, 0.25) is 10.0 Å². The minimum atomic E-state index is -3.80. The van der Waals surface area contributed by atoms with E-state index >= 15 is 0 Å². The lowest BCUT2D eigenvalue weighted by Crippen LogP contribution is -2.39. The van der Waals surface area contributed by atoms with E-state index in [4.69, 9.17) is 0 Å². The molecule has 2 aliphatic heterocycles. The van der Waals surface area contributed by atoms with Crippen molar-refractivity contribution in [3.63, 3.8) is 0 Å². The van der Waals surface area contributed by atoms with E-state index in [9.17, 15) is 27.1 Å². The monoisotopic (exact) mass is 615 g/mol. The molecule has 3 N–H and O–H groups in total. The molecule has 2 aromatic carbocycles. The Labute approximate surface area is 250 Å². The molecule has 3 fully saturated rings. The lowest BCUT2D eigenvalue weighted by molar-refractivity contribution is -0.0220. The van der Waals surface area contributed by atoms with Crippen LogP contribution >= 0.6 is 0 Å². The topological polar surface area (TPSA) is 107 Å². The van der Waals surface area contributed by atoms with Crippen LogP contribution < -0.4 is 19.8 Å². The molecule has 3 heterocycles. The summed E-state index contributed by atoms with van der Waals surface area (Å²) >= 11 is 0. The summed E-state index contributed by atoms with van der Waals surface area (Å²) in [5.74, 6) is -3.02. The van der Waals surface area contributed by atoms with Gasteiger partial charge in [-0.15, -0.1) is 0 Å². The Morgan fingerprint density at radius 1 is 0.953 bits per heavy atom. The van der Waals surface area contributed by atoms with Crippen molar-refractivity contribution in [2.75, 3.05) is 52.6 Å². The van der Waals surface area contributed by atoms with Crippen LogP contribution in [0, 0.1) is 5.41 Å². The molecule has 1 atom stereocenters. The standard InChI is InChI=1S/C31H39F2N5O4S/c1-21(20-39)43(41,42)35-24-3-4-25(26(19-24)37-13-8-30(6-7-30)9-14-37)34-29(40)23-17-22-5-12-36(2)28(22)27(18-23)38-15-10-31(32,33)11-16-38/h3-5,12,17-19,21,35,39H,6-11,13-16,20H2,1-2H3,(H,34,40)/t21-/m0/s1. The maximum Gasteiger partial charge on any atom is 0.255 e. The van der Waals surface area contributed by atoms with Crippen molar-refractivity contribution >= 4 is 49.6 Å². The number of aryl methyl sites for hydroxylation is 1. The number of piperidine rings is 2.